The number of carbonyl (C=O) groups is 2. The molecule has 0 aliphatic heterocycles. The quantitative estimate of drug-likeness (QED) is 0.218. The Morgan fingerprint density at radius 3 is 2.24 bits per heavy atom. The van der Waals surface area contributed by atoms with Gasteiger partial charge in [-0.2, -0.15) is 0 Å². The molecule has 184 valence electrons. The van der Waals surface area contributed by atoms with E-state index in [0.29, 0.717) is 11.3 Å². The van der Waals surface area contributed by atoms with Crippen LogP contribution in [0.4, 0.5) is 5.69 Å². The second kappa shape index (κ2) is 11.4. The lowest BCUT2D eigenvalue weighted by Crippen LogP contribution is -2.30. The topological polar surface area (TPSA) is 71.1 Å². The number of benzene rings is 4. The van der Waals surface area contributed by atoms with Gasteiger partial charge in [-0.15, -0.1) is 11.3 Å². The number of thiazole rings is 1. The Bertz CT molecular complexity index is 1500. The number of amides is 2. The molecule has 1 aromatic heterocycles. The molecule has 0 saturated carbocycles. The Morgan fingerprint density at radius 1 is 0.865 bits per heavy atom. The Kier molecular flexibility index (Phi) is 7.63. The summed E-state index contributed by atoms with van der Waals surface area (Å²) < 4.78 is 1.76. The van der Waals surface area contributed by atoms with E-state index in [0.717, 1.165) is 31.2 Å². The average molecular weight is 524 g/mol. The lowest BCUT2D eigenvalue weighted by atomic mass is 9.99. The van der Waals surface area contributed by atoms with Gasteiger partial charge < -0.3 is 10.6 Å². The molecule has 0 atom stereocenters. The van der Waals surface area contributed by atoms with E-state index in [4.69, 9.17) is 0 Å². The van der Waals surface area contributed by atoms with Crippen LogP contribution in [0.25, 0.3) is 10.2 Å². The number of hydrogen-bond acceptors (Lipinski definition) is 5. The number of nitrogens with zero attached hydrogens (tertiary/aromatic N) is 1. The Balaban J connectivity index is 1.24. The Labute approximate surface area is 224 Å². The standard InChI is InChI=1S/C30H25N3O2S2/c1-20-9-8-14-23(17-20)29(35)31-24-15-16-25-26(18-24)37-30(32-25)36-19-27(34)33-28(21-10-4-2-5-11-21)22-12-6-3-7-13-22/h2-18,28H,19H2,1H3,(H,31,35)(H,33,34). The molecule has 0 saturated heterocycles. The van der Waals surface area contributed by atoms with Crippen molar-refractivity contribution in [1.29, 1.82) is 0 Å². The first-order valence-corrected chi connectivity index (χ1v) is 13.7. The van der Waals surface area contributed by atoms with Crippen molar-refractivity contribution >= 4 is 50.8 Å². The van der Waals surface area contributed by atoms with Gasteiger partial charge in [-0.3, -0.25) is 9.59 Å². The summed E-state index contributed by atoms with van der Waals surface area (Å²) in [5.41, 5.74) is 5.28. The van der Waals surface area contributed by atoms with E-state index in [1.807, 2.05) is 104 Å². The number of rotatable bonds is 8. The van der Waals surface area contributed by atoms with Crippen LogP contribution in [-0.2, 0) is 4.79 Å². The third-order valence-corrected chi connectivity index (χ3v) is 7.97. The average Bonchev–Trinajstić information content (AvgIpc) is 3.34. The minimum atomic E-state index is -0.217. The van der Waals surface area contributed by atoms with Gasteiger partial charge in [0.2, 0.25) is 5.91 Å². The van der Waals surface area contributed by atoms with Crippen LogP contribution in [0.15, 0.2) is 107 Å². The first kappa shape index (κ1) is 24.7. The van der Waals surface area contributed by atoms with Crippen molar-refractivity contribution in [2.24, 2.45) is 0 Å². The zero-order valence-corrected chi connectivity index (χ0v) is 21.8. The molecule has 1 heterocycles. The number of aryl methyl sites for hydroxylation is 1. The third kappa shape index (κ3) is 6.25. The molecule has 0 aliphatic carbocycles. The monoisotopic (exact) mass is 523 g/mol. The Hall–Kier alpha value is -3.94. The summed E-state index contributed by atoms with van der Waals surface area (Å²) in [6.45, 7) is 1.96. The molecular weight excluding hydrogens is 498 g/mol. The molecule has 0 bridgehead atoms. The molecule has 0 unspecified atom stereocenters. The lowest BCUT2D eigenvalue weighted by Gasteiger charge is -2.19. The molecule has 2 N–H and O–H groups in total. The molecule has 0 spiro atoms. The molecule has 37 heavy (non-hydrogen) atoms. The van der Waals surface area contributed by atoms with E-state index >= 15 is 0 Å². The van der Waals surface area contributed by atoms with E-state index < -0.39 is 0 Å². The number of fused-ring (bicyclic) bond motifs is 1. The van der Waals surface area contributed by atoms with Crippen LogP contribution in [0.3, 0.4) is 0 Å². The van der Waals surface area contributed by atoms with E-state index in [9.17, 15) is 9.59 Å². The first-order chi connectivity index (χ1) is 18.0. The molecule has 7 heteroatoms. The molecule has 0 fully saturated rings. The number of thioether (sulfide) groups is 1. The van der Waals surface area contributed by atoms with E-state index in [-0.39, 0.29) is 23.6 Å². The summed E-state index contributed by atoms with van der Waals surface area (Å²) in [4.78, 5) is 30.2. The second-order valence-electron chi connectivity index (χ2n) is 8.60. The molecule has 0 aliphatic rings. The predicted octanol–water partition coefficient (Wildman–Crippen LogP) is 6.85. The summed E-state index contributed by atoms with van der Waals surface area (Å²) in [5, 5.41) is 6.13. The first-order valence-electron chi connectivity index (χ1n) is 11.9. The summed E-state index contributed by atoms with van der Waals surface area (Å²) in [7, 11) is 0. The number of anilines is 1. The highest BCUT2D eigenvalue weighted by Gasteiger charge is 2.17. The van der Waals surface area contributed by atoms with Crippen LogP contribution in [0.1, 0.15) is 33.1 Å². The van der Waals surface area contributed by atoms with Gasteiger partial charge in [0, 0.05) is 11.3 Å². The predicted molar refractivity (Wildman–Crippen MR) is 152 cm³/mol. The zero-order chi connectivity index (χ0) is 25.6. The van der Waals surface area contributed by atoms with Crippen molar-refractivity contribution in [3.63, 3.8) is 0 Å². The number of hydrogen-bond donors (Lipinski definition) is 2. The maximum absolute atomic E-state index is 12.9. The molecule has 2 amide bonds. The second-order valence-corrected chi connectivity index (χ2v) is 10.8. The normalized spacial score (nSPS) is 11.0. The SMILES string of the molecule is Cc1cccc(C(=O)Nc2ccc3nc(SCC(=O)NC(c4ccccc4)c4ccccc4)sc3c2)c1. The van der Waals surface area contributed by atoms with Crippen molar-refractivity contribution in [3.05, 3.63) is 125 Å². The third-order valence-electron chi connectivity index (χ3n) is 5.80. The summed E-state index contributed by atoms with van der Waals surface area (Å²) >= 11 is 2.92. The fourth-order valence-corrected chi connectivity index (χ4v) is 5.93. The highest BCUT2D eigenvalue weighted by atomic mass is 32.2. The number of aromatic nitrogens is 1. The van der Waals surface area contributed by atoms with E-state index in [1.165, 1.54) is 23.1 Å². The summed E-state index contributed by atoms with van der Waals surface area (Å²) in [5.74, 6) is 0.0470. The van der Waals surface area contributed by atoms with Gasteiger partial charge in [0.05, 0.1) is 22.0 Å². The van der Waals surface area contributed by atoms with Gasteiger partial charge >= 0.3 is 0 Å². The van der Waals surface area contributed by atoms with E-state index in [2.05, 4.69) is 15.6 Å². The van der Waals surface area contributed by atoms with Gasteiger partial charge in [-0.05, 0) is 48.4 Å². The van der Waals surface area contributed by atoms with Crippen LogP contribution in [0.2, 0.25) is 0 Å². The minimum absolute atomic E-state index is 0.0620. The van der Waals surface area contributed by atoms with Crippen molar-refractivity contribution in [1.82, 2.24) is 10.3 Å². The molecule has 5 aromatic rings. The molecule has 5 nitrogen and oxygen atoms in total. The number of carbonyl (C=O) groups excluding carboxylic acids is 2. The lowest BCUT2D eigenvalue weighted by molar-refractivity contribution is -0.119. The van der Waals surface area contributed by atoms with Gasteiger partial charge in [0.1, 0.15) is 0 Å². The highest BCUT2D eigenvalue weighted by Crippen LogP contribution is 2.31. The molecule has 4 aromatic carbocycles. The van der Waals surface area contributed by atoms with Crippen LogP contribution in [-0.4, -0.2) is 22.6 Å². The van der Waals surface area contributed by atoms with Gasteiger partial charge in [-0.25, -0.2) is 4.98 Å². The van der Waals surface area contributed by atoms with Crippen LogP contribution in [0.5, 0.6) is 0 Å². The fourth-order valence-electron chi connectivity index (χ4n) is 4.01. The fraction of sp³-hybridized carbons (Fsp3) is 0.100. The van der Waals surface area contributed by atoms with Gasteiger partial charge in [0.15, 0.2) is 4.34 Å². The van der Waals surface area contributed by atoms with Gasteiger partial charge in [-0.1, -0.05) is 90.1 Å². The highest BCUT2D eigenvalue weighted by molar-refractivity contribution is 8.01. The zero-order valence-electron chi connectivity index (χ0n) is 20.2. The van der Waals surface area contributed by atoms with Crippen LogP contribution < -0.4 is 10.6 Å². The van der Waals surface area contributed by atoms with Crippen molar-refractivity contribution in [3.8, 4) is 0 Å². The maximum Gasteiger partial charge on any atom is 0.255 e. The largest absolute Gasteiger partial charge is 0.344 e. The minimum Gasteiger partial charge on any atom is -0.344 e. The van der Waals surface area contributed by atoms with Crippen molar-refractivity contribution < 1.29 is 9.59 Å². The van der Waals surface area contributed by atoms with Gasteiger partial charge in [0.25, 0.3) is 5.91 Å². The van der Waals surface area contributed by atoms with Crippen LogP contribution >= 0.6 is 23.1 Å². The molecular formula is C30H25N3O2S2. The van der Waals surface area contributed by atoms with Crippen molar-refractivity contribution in [2.45, 2.75) is 17.3 Å². The van der Waals surface area contributed by atoms with Crippen molar-refractivity contribution in [2.75, 3.05) is 11.1 Å². The summed E-state index contributed by atoms with van der Waals surface area (Å²) in [6, 6.07) is 32.9. The molecule has 0 radical (unpaired) electrons. The number of nitrogens with one attached hydrogen (secondary N) is 2. The Morgan fingerprint density at radius 2 is 1.57 bits per heavy atom. The molecule has 5 rings (SSSR count). The summed E-state index contributed by atoms with van der Waals surface area (Å²) in [6.07, 6.45) is 0. The van der Waals surface area contributed by atoms with Crippen LogP contribution in [0, 0.1) is 6.92 Å². The maximum atomic E-state index is 12.9. The van der Waals surface area contributed by atoms with E-state index in [1.54, 1.807) is 6.07 Å². The smallest absolute Gasteiger partial charge is 0.255 e.